The van der Waals surface area contributed by atoms with Crippen LogP contribution >= 0.6 is 0 Å². The zero-order valence-electron chi connectivity index (χ0n) is 5.23. The van der Waals surface area contributed by atoms with Crippen molar-refractivity contribution in [1.82, 2.24) is 0 Å². The molecule has 0 aromatic heterocycles. The third kappa shape index (κ3) is 0.459. The van der Waals surface area contributed by atoms with Crippen LogP contribution in [0.2, 0.25) is 0 Å². The molecule has 0 unspecified atom stereocenters. The van der Waals surface area contributed by atoms with Crippen LogP contribution in [0.1, 0.15) is 0 Å². The van der Waals surface area contributed by atoms with E-state index in [0.29, 0.717) is 11.4 Å². The van der Waals surface area contributed by atoms with Gasteiger partial charge >= 0.3 is 0 Å². The first kappa shape index (κ1) is 5.46. The van der Waals surface area contributed by atoms with Gasteiger partial charge in [-0.2, -0.15) is 0 Å². The van der Waals surface area contributed by atoms with Crippen molar-refractivity contribution in [2.75, 3.05) is 23.7 Å². The molecule has 0 fully saturated rings. The van der Waals surface area contributed by atoms with Crippen LogP contribution in [0.15, 0.2) is 9.59 Å². The number of rotatable bonds is 0. The van der Waals surface area contributed by atoms with Crippen LogP contribution < -0.4 is 21.5 Å². The highest BCUT2D eigenvalue weighted by Crippen LogP contribution is 2.15. The summed E-state index contributed by atoms with van der Waals surface area (Å²) in [6.45, 7) is 1.44. The van der Waals surface area contributed by atoms with E-state index in [2.05, 4.69) is 10.6 Å². The predicted octanol–water partition coefficient (Wildman–Crippen LogP) is -0.880. The molecule has 10 heavy (non-hydrogen) atoms. The minimum Gasteiger partial charge on any atom is -0.378 e. The topological polar surface area (TPSA) is 58.2 Å². The van der Waals surface area contributed by atoms with E-state index in [1.165, 1.54) is 0 Å². The molecule has 0 amide bonds. The van der Waals surface area contributed by atoms with Gasteiger partial charge in [-0.3, -0.25) is 9.59 Å². The molecule has 1 heterocycles. The Balaban J connectivity index is 2.56. The fourth-order valence-electron chi connectivity index (χ4n) is 1.10. The number of hydrogen-bond donors (Lipinski definition) is 2. The van der Waals surface area contributed by atoms with Crippen LogP contribution in [0.25, 0.3) is 0 Å². The van der Waals surface area contributed by atoms with E-state index in [1.54, 1.807) is 0 Å². The molecule has 0 bridgehead atoms. The number of anilines is 2. The molecule has 0 atom stereocenters. The van der Waals surface area contributed by atoms with Crippen molar-refractivity contribution < 1.29 is 0 Å². The maximum Gasteiger partial charge on any atom is 0.253 e. The molecule has 0 saturated carbocycles. The largest absolute Gasteiger partial charge is 0.378 e. The smallest absolute Gasteiger partial charge is 0.253 e. The molecule has 2 N–H and O–H groups in total. The molecule has 0 aliphatic carbocycles. The summed E-state index contributed by atoms with van der Waals surface area (Å²) >= 11 is 0. The molecule has 0 spiro atoms. The Kier molecular flexibility index (Phi) is 0.869. The molecule has 0 saturated heterocycles. The van der Waals surface area contributed by atoms with E-state index in [0.717, 1.165) is 13.1 Å². The first-order valence-corrected chi connectivity index (χ1v) is 3.12. The zero-order valence-corrected chi connectivity index (χ0v) is 5.23. The van der Waals surface area contributed by atoms with Crippen LogP contribution in [-0.4, -0.2) is 13.1 Å². The average molecular weight is 138 g/mol. The van der Waals surface area contributed by atoms with E-state index in [4.69, 9.17) is 0 Å². The second kappa shape index (κ2) is 1.59. The third-order valence-corrected chi connectivity index (χ3v) is 1.64. The molecule has 1 aliphatic heterocycles. The molecule has 1 aliphatic rings. The van der Waals surface area contributed by atoms with Crippen LogP contribution in [0, 0.1) is 0 Å². The Morgan fingerprint density at radius 3 is 1.70 bits per heavy atom. The lowest BCUT2D eigenvalue weighted by molar-refractivity contribution is 1.02. The van der Waals surface area contributed by atoms with Gasteiger partial charge in [0.2, 0.25) is 0 Å². The van der Waals surface area contributed by atoms with Crippen LogP contribution in [0.5, 0.6) is 0 Å². The molecular weight excluding hydrogens is 132 g/mol. The van der Waals surface area contributed by atoms with Gasteiger partial charge in [0.05, 0.1) is 0 Å². The summed E-state index contributed by atoms with van der Waals surface area (Å²) in [7, 11) is 0. The van der Waals surface area contributed by atoms with E-state index in [-0.39, 0.29) is 10.9 Å². The second-order valence-electron chi connectivity index (χ2n) is 2.26. The van der Waals surface area contributed by atoms with Crippen molar-refractivity contribution in [2.24, 2.45) is 0 Å². The van der Waals surface area contributed by atoms with E-state index in [1.807, 2.05) is 0 Å². The highest BCUT2D eigenvalue weighted by Gasteiger charge is 2.22. The van der Waals surface area contributed by atoms with Crippen LogP contribution in [-0.2, 0) is 0 Å². The highest BCUT2D eigenvalue weighted by atomic mass is 16.2. The van der Waals surface area contributed by atoms with Gasteiger partial charge in [-0.05, 0) is 0 Å². The second-order valence-corrected chi connectivity index (χ2v) is 2.26. The van der Waals surface area contributed by atoms with Crippen molar-refractivity contribution in [3.05, 3.63) is 20.4 Å². The van der Waals surface area contributed by atoms with Crippen molar-refractivity contribution >= 4 is 11.4 Å². The molecule has 0 radical (unpaired) electrons. The van der Waals surface area contributed by atoms with Crippen molar-refractivity contribution in [3.8, 4) is 0 Å². The normalized spacial score (nSPS) is 15.6. The zero-order chi connectivity index (χ0) is 7.14. The van der Waals surface area contributed by atoms with Crippen molar-refractivity contribution in [1.29, 1.82) is 0 Å². The van der Waals surface area contributed by atoms with Crippen LogP contribution in [0.4, 0.5) is 11.4 Å². The molecule has 2 rings (SSSR count). The molecule has 1 aromatic carbocycles. The van der Waals surface area contributed by atoms with Crippen molar-refractivity contribution in [2.45, 2.75) is 0 Å². The average Bonchev–Trinajstić information content (AvgIpc) is 2.03. The van der Waals surface area contributed by atoms with Crippen molar-refractivity contribution in [3.63, 3.8) is 0 Å². The standard InChI is InChI=1S/C6H6N2O2/c9-5-3-4(6(5)10)8-2-1-7-3/h7-8H,1-2H2. The minimum absolute atomic E-state index is 0.387. The van der Waals surface area contributed by atoms with Gasteiger partial charge in [0.25, 0.3) is 10.9 Å². The summed E-state index contributed by atoms with van der Waals surface area (Å²) in [5.41, 5.74) is 0.164. The van der Waals surface area contributed by atoms with Gasteiger partial charge < -0.3 is 10.6 Å². The van der Waals surface area contributed by atoms with E-state index < -0.39 is 0 Å². The first-order valence-electron chi connectivity index (χ1n) is 3.12. The fraction of sp³-hybridized carbons (Fsp3) is 0.333. The Labute approximate surface area is 56.6 Å². The third-order valence-electron chi connectivity index (χ3n) is 1.64. The number of hydrogen-bond acceptors (Lipinski definition) is 4. The summed E-state index contributed by atoms with van der Waals surface area (Å²) in [6, 6.07) is 0. The summed E-state index contributed by atoms with van der Waals surface area (Å²) in [4.78, 5) is 21.4. The minimum atomic E-state index is -0.387. The lowest BCUT2D eigenvalue weighted by atomic mass is 10.1. The molecule has 1 aromatic rings. The lowest BCUT2D eigenvalue weighted by Crippen LogP contribution is -2.42. The monoisotopic (exact) mass is 138 g/mol. The first-order chi connectivity index (χ1) is 4.80. The Morgan fingerprint density at radius 2 is 1.30 bits per heavy atom. The summed E-state index contributed by atoms with van der Waals surface area (Å²) in [5.74, 6) is 0. The summed E-state index contributed by atoms with van der Waals surface area (Å²) < 4.78 is 0. The Bertz CT molecular complexity index is 302. The van der Waals surface area contributed by atoms with Crippen LogP contribution in [0.3, 0.4) is 0 Å². The van der Waals surface area contributed by atoms with Gasteiger partial charge in [0.15, 0.2) is 0 Å². The van der Waals surface area contributed by atoms with E-state index >= 15 is 0 Å². The van der Waals surface area contributed by atoms with Gasteiger partial charge in [-0.1, -0.05) is 0 Å². The van der Waals surface area contributed by atoms with E-state index in [9.17, 15) is 9.59 Å². The summed E-state index contributed by atoms with van der Waals surface area (Å²) in [6.07, 6.45) is 0. The lowest BCUT2D eigenvalue weighted by Gasteiger charge is -2.19. The quantitative estimate of drug-likeness (QED) is 0.457. The maximum atomic E-state index is 10.7. The molecule has 4 heteroatoms. The molecule has 52 valence electrons. The van der Waals surface area contributed by atoms with Gasteiger partial charge in [0.1, 0.15) is 11.4 Å². The fourth-order valence-corrected chi connectivity index (χ4v) is 1.10. The molecule has 4 nitrogen and oxygen atoms in total. The predicted molar refractivity (Wildman–Crippen MR) is 38.3 cm³/mol. The van der Waals surface area contributed by atoms with Gasteiger partial charge in [-0.25, -0.2) is 0 Å². The number of fused-ring (bicyclic) bond motifs is 1. The Morgan fingerprint density at radius 1 is 0.900 bits per heavy atom. The Hall–Kier alpha value is -1.32. The molecular formula is C6H6N2O2. The highest BCUT2D eigenvalue weighted by molar-refractivity contribution is 5.75. The maximum absolute atomic E-state index is 10.7. The number of nitrogens with one attached hydrogen (secondary N) is 2. The summed E-state index contributed by atoms with van der Waals surface area (Å²) in [5, 5.41) is 5.69. The van der Waals surface area contributed by atoms with Gasteiger partial charge in [0, 0.05) is 13.1 Å². The SMILES string of the molecule is O=c1c2c(c1=O)NCCN2. The van der Waals surface area contributed by atoms with Gasteiger partial charge in [-0.15, -0.1) is 0 Å².